The zero-order chi connectivity index (χ0) is 59.8. The average molecular weight is 1200 g/mol. The first-order valence-electron chi connectivity index (χ1n) is 28.5. The van der Waals surface area contributed by atoms with Crippen LogP contribution in [-0.2, 0) is 24.6 Å². The van der Waals surface area contributed by atoms with Crippen LogP contribution >= 0.6 is 11.3 Å². The fourth-order valence-electron chi connectivity index (χ4n) is 11.9. The van der Waals surface area contributed by atoms with Crippen LogP contribution in [0.4, 0.5) is 24.5 Å². The molecule has 3 aromatic heterocycles. The number of hydrogen-bond acceptors (Lipinski definition) is 14. The minimum Gasteiger partial charge on any atom is -0.395 e. The van der Waals surface area contributed by atoms with Crippen molar-refractivity contribution in [3.05, 3.63) is 119 Å². The Bertz CT molecular complexity index is 3500. The number of β-amino-alcohol motifs (C(OH)–C–C–N with tert-alkyl or cyclic N) is 1. The van der Waals surface area contributed by atoms with Gasteiger partial charge in [-0.15, -0.1) is 11.3 Å². The van der Waals surface area contributed by atoms with Gasteiger partial charge in [-0.05, 0) is 105 Å². The number of ketones is 1. The van der Waals surface area contributed by atoms with Crippen LogP contribution in [0.25, 0.3) is 32.6 Å². The second-order valence-electron chi connectivity index (χ2n) is 23.7. The molecule has 0 bridgehead atoms. The van der Waals surface area contributed by atoms with E-state index in [1.807, 2.05) is 93.4 Å². The lowest BCUT2D eigenvalue weighted by molar-refractivity contribution is -0.144. The molecule has 10 rings (SSSR count). The fourth-order valence-corrected chi connectivity index (χ4v) is 14.0. The van der Waals surface area contributed by atoms with E-state index in [0.717, 1.165) is 68.8 Å². The van der Waals surface area contributed by atoms with Crippen LogP contribution in [0.2, 0.25) is 0 Å². The lowest BCUT2D eigenvalue weighted by atomic mass is 9.85. The Morgan fingerprint density at radius 1 is 0.881 bits per heavy atom. The number of carbonyl (C=O) groups excluding carboxylic acids is 4. The van der Waals surface area contributed by atoms with E-state index in [0.29, 0.717) is 55.2 Å². The van der Waals surface area contributed by atoms with Gasteiger partial charge >= 0.3 is 10.2 Å². The number of pyridine rings is 1. The quantitative estimate of drug-likeness (QED) is 0.0510. The van der Waals surface area contributed by atoms with Crippen LogP contribution in [0, 0.1) is 29.9 Å². The molecule has 448 valence electrons. The highest BCUT2D eigenvalue weighted by atomic mass is 32.2. The maximum atomic E-state index is 15.9. The van der Waals surface area contributed by atoms with Crippen molar-refractivity contribution in [3.8, 4) is 21.6 Å². The molecule has 3 aromatic carbocycles. The van der Waals surface area contributed by atoms with Crippen molar-refractivity contribution in [3.63, 3.8) is 0 Å². The Balaban J connectivity index is 0.701. The monoisotopic (exact) mass is 1200 g/mol. The fraction of sp³-hybridized carbons (Fsp3) is 0.467. The summed E-state index contributed by atoms with van der Waals surface area (Å²) in [6.45, 7) is 13.1. The molecule has 4 saturated heterocycles. The number of amides is 3. The molecule has 6 atom stereocenters. The predicted octanol–water partition coefficient (Wildman–Crippen LogP) is 6.44. The number of piperazine rings is 1. The number of likely N-dealkylation sites (tertiary alicyclic amines) is 2. The normalized spacial score (nSPS) is 21.2. The number of H-pyrrole nitrogens is 1. The molecule has 0 aliphatic carbocycles. The Morgan fingerprint density at radius 3 is 2.27 bits per heavy atom. The summed E-state index contributed by atoms with van der Waals surface area (Å²) in [4.78, 5) is 76.6. The smallest absolute Gasteiger partial charge is 0.301 e. The third-order valence-electron chi connectivity index (χ3n) is 16.8. The van der Waals surface area contributed by atoms with Crippen LogP contribution in [-0.4, -0.2) is 179 Å². The molecule has 24 heteroatoms. The number of carbonyl (C=O) groups is 4. The van der Waals surface area contributed by atoms with E-state index in [2.05, 4.69) is 40.3 Å². The first kappa shape index (κ1) is 60.3. The number of halogens is 3. The maximum absolute atomic E-state index is 15.9. The number of aromatic amines is 1. The highest BCUT2D eigenvalue weighted by Crippen LogP contribution is 2.34. The molecule has 0 radical (unpaired) electrons. The molecule has 7 heterocycles. The SMILES string of the molecule is Cc1ncsc1-c1ccc(C(C)NC(=O)[C@@H]2C[C@@H](O)CN2C(=O)C(NC(=O)CN2CCC(CN3CCN(c4ccc(-c5cnc6[nH]cc(C(=O)c7c(F)ccc(NS(=O)(=O)N8CC[C@@H](F)C8)c7F)c6c5)cc4)C[C@H]3CO)CC2)C(C)(C)C)cc1. The molecule has 6 aromatic rings. The number of alkyl halides is 1. The Hall–Kier alpha value is -6.80. The van der Waals surface area contributed by atoms with Gasteiger partial charge < -0.3 is 35.6 Å². The summed E-state index contributed by atoms with van der Waals surface area (Å²) >= 11 is 1.57. The van der Waals surface area contributed by atoms with Gasteiger partial charge in [-0.25, -0.2) is 23.1 Å². The minimum atomic E-state index is -4.39. The van der Waals surface area contributed by atoms with E-state index in [1.165, 1.54) is 11.1 Å². The van der Waals surface area contributed by atoms with E-state index in [4.69, 9.17) is 0 Å². The minimum absolute atomic E-state index is 0.0143. The van der Waals surface area contributed by atoms with Crippen molar-refractivity contribution in [1.29, 1.82) is 0 Å². The highest BCUT2D eigenvalue weighted by Gasteiger charge is 2.45. The third kappa shape index (κ3) is 13.2. The number of nitrogens with zero attached hydrogens (tertiary/aromatic N) is 7. The van der Waals surface area contributed by atoms with Gasteiger partial charge in [-0.2, -0.15) is 12.7 Å². The number of thiazole rings is 1. The summed E-state index contributed by atoms with van der Waals surface area (Å²) in [5, 5.41) is 27.8. The van der Waals surface area contributed by atoms with E-state index in [1.54, 1.807) is 23.6 Å². The van der Waals surface area contributed by atoms with Gasteiger partial charge in [0.2, 0.25) is 23.5 Å². The Labute approximate surface area is 490 Å². The molecule has 0 saturated carbocycles. The lowest BCUT2D eigenvalue weighted by Crippen LogP contribution is -2.59. The largest absolute Gasteiger partial charge is 0.395 e. The second-order valence-corrected chi connectivity index (χ2v) is 26.2. The zero-order valence-electron chi connectivity index (χ0n) is 47.7. The molecule has 3 amide bonds. The van der Waals surface area contributed by atoms with Crippen molar-refractivity contribution in [2.24, 2.45) is 11.3 Å². The van der Waals surface area contributed by atoms with Crippen LogP contribution in [0.1, 0.15) is 86.6 Å². The van der Waals surface area contributed by atoms with Crippen molar-refractivity contribution in [2.45, 2.75) is 96.7 Å². The highest BCUT2D eigenvalue weighted by molar-refractivity contribution is 7.90. The summed E-state index contributed by atoms with van der Waals surface area (Å²) in [6.07, 6.45) is 2.40. The summed E-state index contributed by atoms with van der Waals surface area (Å²) in [6, 6.07) is 16.7. The molecule has 2 unspecified atom stereocenters. The predicted molar refractivity (Wildman–Crippen MR) is 315 cm³/mol. The maximum Gasteiger partial charge on any atom is 0.301 e. The van der Waals surface area contributed by atoms with Crippen molar-refractivity contribution >= 4 is 67.5 Å². The molecule has 4 fully saturated rings. The molecular formula is C60H72F3N11O8S2. The van der Waals surface area contributed by atoms with Crippen molar-refractivity contribution < 1.29 is 51.0 Å². The summed E-state index contributed by atoms with van der Waals surface area (Å²) in [5.74, 6) is -4.38. The summed E-state index contributed by atoms with van der Waals surface area (Å²) in [7, 11) is -4.39. The zero-order valence-corrected chi connectivity index (χ0v) is 49.3. The number of aromatic nitrogens is 3. The molecule has 0 spiro atoms. The van der Waals surface area contributed by atoms with E-state index < -0.39 is 81.1 Å². The number of rotatable bonds is 18. The van der Waals surface area contributed by atoms with E-state index in [-0.39, 0.29) is 68.5 Å². The Morgan fingerprint density at radius 2 is 1.61 bits per heavy atom. The number of aliphatic hydroxyl groups excluding tert-OH is 2. The molecule has 4 aliphatic rings. The van der Waals surface area contributed by atoms with Crippen molar-refractivity contribution in [2.75, 3.05) is 81.7 Å². The van der Waals surface area contributed by atoms with Crippen LogP contribution in [0.3, 0.4) is 0 Å². The van der Waals surface area contributed by atoms with E-state index >= 15 is 8.78 Å². The number of aliphatic hydroxyl groups is 2. The van der Waals surface area contributed by atoms with Crippen LogP contribution in [0.5, 0.6) is 0 Å². The first-order chi connectivity index (χ1) is 40.0. The Kier molecular flexibility index (Phi) is 18.0. The third-order valence-corrected chi connectivity index (χ3v) is 19.2. The topological polar surface area (TPSA) is 237 Å². The van der Waals surface area contributed by atoms with Gasteiger partial charge in [0, 0.05) is 86.8 Å². The number of fused-ring (bicyclic) bond motifs is 1. The molecule has 84 heavy (non-hydrogen) atoms. The second kappa shape index (κ2) is 25.0. The van der Waals surface area contributed by atoms with Crippen LogP contribution in [0.15, 0.2) is 84.6 Å². The van der Waals surface area contributed by atoms with Gasteiger partial charge in [0.1, 0.15) is 29.7 Å². The number of anilines is 2. The number of piperidine rings is 1. The molecule has 4 aliphatic heterocycles. The lowest BCUT2D eigenvalue weighted by Gasteiger charge is -2.44. The molecule has 6 N–H and O–H groups in total. The van der Waals surface area contributed by atoms with Gasteiger partial charge in [0.15, 0.2) is 5.82 Å². The first-order valence-corrected chi connectivity index (χ1v) is 30.8. The number of hydrogen-bond donors (Lipinski definition) is 6. The summed E-state index contributed by atoms with van der Waals surface area (Å²) in [5.41, 5.74) is 4.90. The van der Waals surface area contributed by atoms with Crippen molar-refractivity contribution in [1.82, 2.24) is 44.6 Å². The summed E-state index contributed by atoms with van der Waals surface area (Å²) < 4.78 is 73.5. The van der Waals surface area contributed by atoms with Gasteiger partial charge in [-0.1, -0.05) is 57.2 Å². The van der Waals surface area contributed by atoms with Gasteiger partial charge in [0.05, 0.1) is 58.7 Å². The average Bonchev–Trinajstić information content (AvgIpc) is 3.44. The van der Waals surface area contributed by atoms with Crippen LogP contribution < -0.4 is 20.3 Å². The number of benzene rings is 3. The van der Waals surface area contributed by atoms with Gasteiger partial charge in [0.25, 0.3) is 0 Å². The molecular weight excluding hydrogens is 1120 g/mol. The number of nitrogens with one attached hydrogen (secondary N) is 4. The molecule has 19 nitrogen and oxygen atoms in total. The number of aryl methyl sites for hydroxylation is 1. The van der Waals surface area contributed by atoms with Gasteiger partial charge in [-0.3, -0.25) is 33.7 Å². The standard InChI is InChI=1S/C60H72F3N11O8S2/c1-35(38-6-8-40(9-7-38)55-36(2)66-34-83-55)67-58(79)50-25-45(76)31-74(50)59(80)56(60(3,4)5)68-51(77)32-70-19-16-37(17-20-70)28-71-22-23-72(30-44(71)33-75)43-12-10-39(11-13-43)41-24-46-47(27-65-57(46)64-26-41)54(78)52-48(62)14-15-49(53(52)63)69-84(81,82)73-21-18-42(61)29-73/h6-15,24,26-27,34-35,37,42,44-45,50,56,69,75-76H,16-23,25,28-33H2,1-5H3,(H,64,65)(H,67,79)(H,68,77)/t35?,42-,44+,45-,50+,56?/m1/s1. The van der Waals surface area contributed by atoms with E-state index in [9.17, 15) is 42.2 Å².